The van der Waals surface area contributed by atoms with E-state index in [1.807, 2.05) is 19.1 Å². The number of hydrogen-bond acceptors (Lipinski definition) is 2. The normalized spacial score (nSPS) is 13.2. The first-order valence-corrected chi connectivity index (χ1v) is 7.05. The Balaban J connectivity index is 3.30. The van der Waals surface area contributed by atoms with E-state index in [2.05, 4.69) is 12.2 Å². The summed E-state index contributed by atoms with van der Waals surface area (Å²) in [6.07, 6.45) is 18.6. The van der Waals surface area contributed by atoms with Gasteiger partial charge >= 0.3 is 0 Å². The summed E-state index contributed by atoms with van der Waals surface area (Å²) in [5.74, 6) is 0.105. The van der Waals surface area contributed by atoms with E-state index in [9.17, 15) is 9.59 Å². The number of hydrogen-bond donors (Lipinski definition) is 0. The molecule has 0 amide bonds. The van der Waals surface area contributed by atoms with Crippen LogP contribution in [0.3, 0.4) is 0 Å². The van der Waals surface area contributed by atoms with Crippen molar-refractivity contribution >= 4 is 12.6 Å². The van der Waals surface area contributed by atoms with Gasteiger partial charge in [-0.2, -0.15) is 0 Å². The van der Waals surface area contributed by atoms with Gasteiger partial charge < -0.3 is 9.59 Å². The van der Waals surface area contributed by atoms with Crippen LogP contribution in [0.5, 0.6) is 0 Å². The molecular formula is C16H26O2. The molecule has 18 heavy (non-hydrogen) atoms. The predicted octanol–water partition coefficient (Wildman–Crippen LogP) is 4.25. The van der Waals surface area contributed by atoms with Crippen molar-refractivity contribution in [3.8, 4) is 0 Å². The Morgan fingerprint density at radius 2 is 1.56 bits per heavy atom. The Bertz CT molecular complexity index is 254. The van der Waals surface area contributed by atoms with Crippen molar-refractivity contribution in [1.82, 2.24) is 0 Å². The zero-order chi connectivity index (χ0) is 13.5. The topological polar surface area (TPSA) is 34.1 Å². The molecule has 1 unspecified atom stereocenters. The highest BCUT2D eigenvalue weighted by atomic mass is 16.1. The number of allylic oxidation sites excluding steroid dienone is 4. The molecule has 0 aromatic carbocycles. The van der Waals surface area contributed by atoms with E-state index in [4.69, 9.17) is 0 Å². The molecule has 0 fully saturated rings. The van der Waals surface area contributed by atoms with Crippen molar-refractivity contribution < 1.29 is 9.59 Å². The lowest BCUT2D eigenvalue weighted by molar-refractivity contribution is -0.110. The molecule has 2 nitrogen and oxygen atoms in total. The van der Waals surface area contributed by atoms with Crippen LogP contribution in [-0.4, -0.2) is 12.6 Å². The van der Waals surface area contributed by atoms with E-state index < -0.39 is 0 Å². The largest absolute Gasteiger partial charge is 0.303 e. The lowest BCUT2D eigenvalue weighted by Crippen LogP contribution is -1.93. The van der Waals surface area contributed by atoms with Crippen LogP contribution >= 0.6 is 0 Å². The molecule has 0 aromatic rings. The highest BCUT2D eigenvalue weighted by Crippen LogP contribution is 2.08. The number of rotatable bonds is 12. The van der Waals surface area contributed by atoms with Crippen molar-refractivity contribution in [3.05, 3.63) is 24.3 Å². The fraction of sp³-hybridized carbons (Fsp3) is 0.625. The van der Waals surface area contributed by atoms with Gasteiger partial charge in [-0.25, -0.2) is 0 Å². The third-order valence-electron chi connectivity index (χ3n) is 2.92. The summed E-state index contributed by atoms with van der Waals surface area (Å²) >= 11 is 0. The number of aldehydes is 2. The maximum absolute atomic E-state index is 10.6. The molecule has 0 heterocycles. The molecule has 0 aliphatic heterocycles. The van der Waals surface area contributed by atoms with Gasteiger partial charge in [0.1, 0.15) is 12.6 Å². The Hall–Kier alpha value is -1.18. The van der Waals surface area contributed by atoms with Crippen molar-refractivity contribution in [3.63, 3.8) is 0 Å². The number of carbonyl (C=O) groups is 2. The second-order valence-corrected chi connectivity index (χ2v) is 4.50. The van der Waals surface area contributed by atoms with Gasteiger partial charge in [-0.15, -0.1) is 0 Å². The van der Waals surface area contributed by atoms with Gasteiger partial charge in [0.05, 0.1) is 0 Å². The van der Waals surface area contributed by atoms with E-state index >= 15 is 0 Å². The number of carbonyl (C=O) groups excluding carboxylic acids is 2. The minimum absolute atomic E-state index is 0.105. The molecule has 0 rings (SSSR count). The first kappa shape index (κ1) is 16.8. The van der Waals surface area contributed by atoms with E-state index in [-0.39, 0.29) is 5.92 Å². The van der Waals surface area contributed by atoms with Gasteiger partial charge in [-0.3, -0.25) is 0 Å². The molecule has 0 saturated heterocycles. The molecule has 102 valence electrons. The average molecular weight is 250 g/mol. The van der Waals surface area contributed by atoms with Crippen LogP contribution in [0.2, 0.25) is 0 Å². The zero-order valence-electron chi connectivity index (χ0n) is 11.5. The van der Waals surface area contributed by atoms with Gasteiger partial charge in [-0.05, 0) is 32.1 Å². The molecule has 0 aromatic heterocycles. The summed E-state index contributed by atoms with van der Waals surface area (Å²) in [5.41, 5.74) is 0. The van der Waals surface area contributed by atoms with Gasteiger partial charge in [0.15, 0.2) is 0 Å². The first-order valence-electron chi connectivity index (χ1n) is 7.05. The van der Waals surface area contributed by atoms with Crippen LogP contribution in [0.25, 0.3) is 0 Å². The van der Waals surface area contributed by atoms with Crippen LogP contribution in [0.4, 0.5) is 0 Å². The lowest BCUT2D eigenvalue weighted by atomic mass is 10.1. The molecule has 2 heteroatoms. The maximum Gasteiger partial charge on any atom is 0.126 e. The molecule has 0 aliphatic carbocycles. The minimum Gasteiger partial charge on any atom is -0.303 e. The van der Waals surface area contributed by atoms with Gasteiger partial charge in [0.2, 0.25) is 0 Å². The molecular weight excluding hydrogens is 224 g/mol. The highest BCUT2D eigenvalue weighted by Gasteiger charge is 1.96. The second-order valence-electron chi connectivity index (χ2n) is 4.50. The first-order chi connectivity index (χ1) is 8.85. The molecule has 0 aliphatic rings. The monoisotopic (exact) mass is 250 g/mol. The summed E-state index contributed by atoms with van der Waals surface area (Å²) in [6, 6.07) is 0. The van der Waals surface area contributed by atoms with E-state index in [1.165, 1.54) is 25.7 Å². The van der Waals surface area contributed by atoms with Crippen LogP contribution in [0, 0.1) is 5.92 Å². The van der Waals surface area contributed by atoms with Crippen LogP contribution in [-0.2, 0) is 9.59 Å². The number of unbranched alkanes of at least 4 members (excludes halogenated alkanes) is 5. The quantitative estimate of drug-likeness (QED) is 0.295. The van der Waals surface area contributed by atoms with Crippen molar-refractivity contribution in [1.29, 1.82) is 0 Å². The standard InChI is InChI=1S/C16H26O2/c1-2-16(15-18)13-11-9-7-5-3-4-6-8-10-12-14-17/h8,10-11,13-16H,2-7,9,12H2,1H3. The summed E-state index contributed by atoms with van der Waals surface area (Å²) in [6.45, 7) is 2.03. The molecule has 0 saturated carbocycles. The van der Waals surface area contributed by atoms with Gasteiger partial charge in [0, 0.05) is 12.3 Å². The van der Waals surface area contributed by atoms with Crippen LogP contribution in [0.1, 0.15) is 58.3 Å². The van der Waals surface area contributed by atoms with Crippen molar-refractivity contribution in [2.45, 2.75) is 58.3 Å². The van der Waals surface area contributed by atoms with Crippen LogP contribution < -0.4 is 0 Å². The maximum atomic E-state index is 10.6. The Kier molecular flexibility index (Phi) is 13.0. The van der Waals surface area contributed by atoms with Crippen molar-refractivity contribution in [2.75, 3.05) is 0 Å². The molecule has 0 bridgehead atoms. The molecule has 0 spiro atoms. The molecule has 0 N–H and O–H groups in total. The van der Waals surface area contributed by atoms with E-state index in [1.54, 1.807) is 0 Å². The fourth-order valence-corrected chi connectivity index (χ4v) is 1.70. The summed E-state index contributed by atoms with van der Waals surface area (Å²) < 4.78 is 0. The Morgan fingerprint density at radius 3 is 2.11 bits per heavy atom. The van der Waals surface area contributed by atoms with Crippen molar-refractivity contribution in [2.24, 2.45) is 5.92 Å². The summed E-state index contributed by atoms with van der Waals surface area (Å²) in [4.78, 5) is 20.6. The smallest absolute Gasteiger partial charge is 0.126 e. The van der Waals surface area contributed by atoms with E-state index in [0.29, 0.717) is 6.42 Å². The molecule has 0 radical (unpaired) electrons. The second kappa shape index (κ2) is 13.9. The minimum atomic E-state index is 0.105. The van der Waals surface area contributed by atoms with Crippen LogP contribution in [0.15, 0.2) is 24.3 Å². The zero-order valence-corrected chi connectivity index (χ0v) is 11.5. The fourth-order valence-electron chi connectivity index (χ4n) is 1.70. The predicted molar refractivity (Wildman–Crippen MR) is 76.5 cm³/mol. The highest BCUT2D eigenvalue weighted by molar-refractivity contribution is 5.56. The third kappa shape index (κ3) is 11.3. The van der Waals surface area contributed by atoms with Gasteiger partial charge in [-0.1, -0.05) is 44.1 Å². The average Bonchev–Trinajstić information content (AvgIpc) is 2.40. The van der Waals surface area contributed by atoms with Gasteiger partial charge in [0.25, 0.3) is 0 Å². The third-order valence-corrected chi connectivity index (χ3v) is 2.92. The molecule has 1 atom stereocenters. The summed E-state index contributed by atoms with van der Waals surface area (Å²) in [5, 5.41) is 0. The summed E-state index contributed by atoms with van der Waals surface area (Å²) in [7, 11) is 0. The van der Waals surface area contributed by atoms with E-state index in [0.717, 1.165) is 31.8 Å². The lowest BCUT2D eigenvalue weighted by Gasteiger charge is -1.99. The Labute approximate surface area is 111 Å². The Morgan fingerprint density at radius 1 is 0.889 bits per heavy atom. The SMILES string of the molecule is CCC(C=O)C=CCCCCCCC=CCC=O.